The van der Waals surface area contributed by atoms with Crippen LogP contribution in [-0.2, 0) is 4.79 Å². The first-order chi connectivity index (χ1) is 21.8. The summed E-state index contributed by atoms with van der Waals surface area (Å²) >= 11 is 0. The Hall–Kier alpha value is -0.690. The van der Waals surface area contributed by atoms with E-state index in [1.165, 1.54) is 135 Å². The number of unbranched alkanes of at least 4 members (excludes halogenated alkanes) is 24. The third-order valence-corrected chi connectivity index (χ3v) is 9.50. The van der Waals surface area contributed by atoms with Crippen molar-refractivity contribution in [1.29, 1.82) is 0 Å². The van der Waals surface area contributed by atoms with Gasteiger partial charge in [-0.1, -0.05) is 194 Å². The largest absolute Gasteiger partial charge is 0.394 e. The number of aliphatic hydroxyl groups excluding tert-OH is 4. The van der Waals surface area contributed by atoms with E-state index in [2.05, 4.69) is 26.1 Å². The van der Waals surface area contributed by atoms with Crippen molar-refractivity contribution in [3.63, 3.8) is 0 Å². The molecule has 0 saturated carbocycles. The molecule has 0 rings (SSSR count). The molecule has 1 amide bonds. The van der Waals surface area contributed by atoms with Crippen LogP contribution in [0.1, 0.15) is 207 Å². The summed E-state index contributed by atoms with van der Waals surface area (Å²) in [6.45, 7) is 6.38. The van der Waals surface area contributed by atoms with Crippen molar-refractivity contribution in [2.24, 2.45) is 5.92 Å². The molecule has 0 heterocycles. The lowest BCUT2D eigenvalue weighted by molar-refractivity contribution is -0.132. The molecule has 6 nitrogen and oxygen atoms in total. The van der Waals surface area contributed by atoms with Gasteiger partial charge in [0.05, 0.1) is 18.8 Å². The van der Waals surface area contributed by atoms with Crippen molar-refractivity contribution in [2.75, 3.05) is 6.61 Å². The quantitative estimate of drug-likeness (QED) is 0.0443. The molecule has 5 N–H and O–H groups in total. The summed E-state index contributed by atoms with van der Waals surface area (Å²) in [6.07, 6.45) is 31.3. The second-order valence-corrected chi connectivity index (χ2v) is 14.5. The Labute approximate surface area is 279 Å². The summed E-state index contributed by atoms with van der Waals surface area (Å²) in [7, 11) is 0. The van der Waals surface area contributed by atoms with Gasteiger partial charge in [-0.2, -0.15) is 0 Å². The molecule has 0 aromatic rings. The third kappa shape index (κ3) is 29.2. The van der Waals surface area contributed by atoms with E-state index in [1.807, 2.05) is 0 Å². The minimum absolute atomic E-state index is 0.374. The maximum Gasteiger partial charge on any atom is 0.249 e. The Balaban J connectivity index is 3.71. The molecular formula is C39H79NO5. The predicted octanol–water partition coefficient (Wildman–Crippen LogP) is 9.54. The molecule has 0 aliphatic rings. The van der Waals surface area contributed by atoms with E-state index in [4.69, 9.17) is 0 Å². The highest BCUT2D eigenvalue weighted by molar-refractivity contribution is 5.80. The van der Waals surface area contributed by atoms with Crippen molar-refractivity contribution < 1.29 is 25.2 Å². The van der Waals surface area contributed by atoms with E-state index in [0.29, 0.717) is 12.8 Å². The van der Waals surface area contributed by atoms with Crippen molar-refractivity contribution in [3.8, 4) is 0 Å². The van der Waals surface area contributed by atoms with Crippen LogP contribution >= 0.6 is 0 Å². The molecule has 0 radical (unpaired) electrons. The molecule has 0 aromatic heterocycles. The Kier molecular flexibility index (Phi) is 32.7. The number of nitrogens with one attached hydrogen (secondary N) is 1. The molecule has 270 valence electrons. The molecule has 6 heteroatoms. The van der Waals surface area contributed by atoms with Crippen LogP contribution < -0.4 is 5.32 Å². The van der Waals surface area contributed by atoms with Crippen molar-refractivity contribution in [2.45, 2.75) is 231 Å². The number of aliphatic hydroxyl groups is 4. The summed E-state index contributed by atoms with van der Waals surface area (Å²) in [4.78, 5) is 12.4. The van der Waals surface area contributed by atoms with Gasteiger partial charge < -0.3 is 25.7 Å². The van der Waals surface area contributed by atoms with E-state index >= 15 is 0 Å². The topological polar surface area (TPSA) is 110 Å². The number of carbonyl (C=O) groups excluding carboxylic acids is 1. The highest BCUT2D eigenvalue weighted by Gasteiger charge is 2.28. The molecule has 0 aromatic carbocycles. The average Bonchev–Trinajstić information content (AvgIpc) is 3.03. The van der Waals surface area contributed by atoms with Gasteiger partial charge in [0.1, 0.15) is 12.2 Å². The minimum Gasteiger partial charge on any atom is -0.394 e. The zero-order valence-electron chi connectivity index (χ0n) is 30.3. The molecular weight excluding hydrogens is 562 g/mol. The molecule has 0 bridgehead atoms. The molecule has 0 spiro atoms. The summed E-state index contributed by atoms with van der Waals surface area (Å²) in [6, 6.07) is -0.977. The van der Waals surface area contributed by atoms with Gasteiger partial charge in [0.15, 0.2) is 0 Å². The van der Waals surface area contributed by atoms with Crippen LogP contribution in [0.25, 0.3) is 0 Å². The lowest BCUT2D eigenvalue weighted by Gasteiger charge is -2.27. The SMILES string of the molecule is CCCCCCCCCCCC[C@@H](O)[C@@H](O)[C@H](CO)NC(=O)[C@H](O)CCCCCCCCCCCCCCCCCCC(C)C. The van der Waals surface area contributed by atoms with Gasteiger partial charge in [0, 0.05) is 0 Å². The molecule has 45 heavy (non-hydrogen) atoms. The molecule has 0 fully saturated rings. The third-order valence-electron chi connectivity index (χ3n) is 9.50. The molecule has 0 unspecified atom stereocenters. The van der Waals surface area contributed by atoms with E-state index in [0.717, 1.165) is 44.4 Å². The van der Waals surface area contributed by atoms with Crippen LogP contribution in [0.2, 0.25) is 0 Å². The number of hydrogen-bond donors (Lipinski definition) is 5. The smallest absolute Gasteiger partial charge is 0.249 e. The number of hydrogen-bond acceptors (Lipinski definition) is 5. The van der Waals surface area contributed by atoms with Crippen LogP contribution in [0.4, 0.5) is 0 Å². The second-order valence-electron chi connectivity index (χ2n) is 14.5. The first kappa shape index (κ1) is 44.3. The lowest BCUT2D eigenvalue weighted by Crippen LogP contribution is -2.53. The van der Waals surface area contributed by atoms with Gasteiger partial charge in [0.2, 0.25) is 5.91 Å². The van der Waals surface area contributed by atoms with Gasteiger partial charge in [-0.15, -0.1) is 0 Å². The van der Waals surface area contributed by atoms with E-state index in [1.54, 1.807) is 0 Å². The van der Waals surface area contributed by atoms with Crippen LogP contribution in [0.5, 0.6) is 0 Å². The predicted molar refractivity (Wildman–Crippen MR) is 191 cm³/mol. The minimum atomic E-state index is -1.25. The number of rotatable bonds is 35. The van der Waals surface area contributed by atoms with Crippen LogP contribution in [0.3, 0.4) is 0 Å². The maximum absolute atomic E-state index is 12.4. The standard InChI is InChI=1S/C39H79NO5/c1-4-5-6-7-8-9-19-22-25-28-31-36(42)38(44)35(33-41)40-39(45)37(43)32-29-26-23-20-17-15-13-11-10-12-14-16-18-21-24-27-30-34(2)3/h34-38,41-44H,4-33H2,1-3H3,(H,40,45)/t35-,36+,37+,38-/m0/s1. The van der Waals surface area contributed by atoms with Crippen molar-refractivity contribution in [3.05, 3.63) is 0 Å². The number of amides is 1. The average molecular weight is 642 g/mol. The van der Waals surface area contributed by atoms with Crippen LogP contribution in [0, 0.1) is 5.92 Å². The Morgan fingerprint density at radius 1 is 0.511 bits per heavy atom. The first-order valence-electron chi connectivity index (χ1n) is 19.8. The first-order valence-corrected chi connectivity index (χ1v) is 19.8. The fraction of sp³-hybridized carbons (Fsp3) is 0.974. The van der Waals surface area contributed by atoms with Gasteiger partial charge in [0.25, 0.3) is 0 Å². The molecule has 4 atom stereocenters. The Morgan fingerprint density at radius 3 is 1.20 bits per heavy atom. The van der Waals surface area contributed by atoms with Gasteiger partial charge in [-0.05, 0) is 18.8 Å². The van der Waals surface area contributed by atoms with Crippen molar-refractivity contribution >= 4 is 5.91 Å². The van der Waals surface area contributed by atoms with E-state index < -0.39 is 36.9 Å². The van der Waals surface area contributed by atoms with Gasteiger partial charge >= 0.3 is 0 Å². The number of carbonyl (C=O) groups is 1. The summed E-state index contributed by atoms with van der Waals surface area (Å²) in [5.74, 6) is 0.268. The summed E-state index contributed by atoms with van der Waals surface area (Å²) in [5.41, 5.74) is 0. The fourth-order valence-corrected chi connectivity index (χ4v) is 6.29. The van der Waals surface area contributed by atoms with Crippen molar-refractivity contribution in [1.82, 2.24) is 5.32 Å². The lowest BCUT2D eigenvalue weighted by atomic mass is 9.99. The van der Waals surface area contributed by atoms with Crippen LogP contribution in [0.15, 0.2) is 0 Å². The monoisotopic (exact) mass is 642 g/mol. The highest BCUT2D eigenvalue weighted by Crippen LogP contribution is 2.17. The van der Waals surface area contributed by atoms with E-state index in [-0.39, 0.29) is 0 Å². The van der Waals surface area contributed by atoms with Gasteiger partial charge in [-0.3, -0.25) is 4.79 Å². The van der Waals surface area contributed by atoms with Crippen LogP contribution in [-0.4, -0.2) is 57.3 Å². The summed E-state index contributed by atoms with van der Waals surface area (Å²) < 4.78 is 0. The maximum atomic E-state index is 12.4. The zero-order valence-corrected chi connectivity index (χ0v) is 30.3. The molecule has 0 aliphatic heterocycles. The Bertz CT molecular complexity index is 616. The molecule has 0 aliphatic carbocycles. The van der Waals surface area contributed by atoms with Gasteiger partial charge in [-0.25, -0.2) is 0 Å². The molecule has 0 saturated heterocycles. The highest BCUT2D eigenvalue weighted by atomic mass is 16.3. The normalized spacial score (nSPS) is 14.5. The Morgan fingerprint density at radius 2 is 0.844 bits per heavy atom. The fourth-order valence-electron chi connectivity index (χ4n) is 6.29. The second kappa shape index (κ2) is 33.2. The van der Waals surface area contributed by atoms with E-state index in [9.17, 15) is 25.2 Å². The summed E-state index contributed by atoms with van der Waals surface area (Å²) in [5, 5.41) is 43.4. The zero-order chi connectivity index (χ0) is 33.4.